The molecule has 0 saturated heterocycles. The summed E-state index contributed by atoms with van der Waals surface area (Å²) in [6.45, 7) is 4.42. The van der Waals surface area contributed by atoms with Crippen LogP contribution in [0.15, 0.2) is 24.3 Å². The minimum absolute atomic E-state index is 0.389. The first-order valence-corrected chi connectivity index (χ1v) is 7.43. The molecule has 1 aromatic rings. The van der Waals surface area contributed by atoms with E-state index in [1.807, 2.05) is 12.1 Å². The molecular formula is C17H26O2. The summed E-state index contributed by atoms with van der Waals surface area (Å²) in [4.78, 5) is 0. The lowest BCUT2D eigenvalue weighted by Gasteiger charge is -2.41. The molecule has 1 N–H and O–H groups in total. The van der Waals surface area contributed by atoms with Gasteiger partial charge in [-0.05, 0) is 49.1 Å². The molecule has 1 saturated carbocycles. The number of aryl methyl sites for hydroxylation is 1. The molecular weight excluding hydrogens is 236 g/mol. The van der Waals surface area contributed by atoms with Gasteiger partial charge in [-0.1, -0.05) is 38.1 Å². The quantitative estimate of drug-likeness (QED) is 0.892. The van der Waals surface area contributed by atoms with Gasteiger partial charge >= 0.3 is 0 Å². The van der Waals surface area contributed by atoms with Crippen LogP contribution in [-0.4, -0.2) is 17.8 Å². The van der Waals surface area contributed by atoms with Crippen molar-refractivity contribution in [2.75, 3.05) is 7.11 Å². The maximum Gasteiger partial charge on any atom is 0.108 e. The van der Waals surface area contributed by atoms with Crippen LogP contribution >= 0.6 is 0 Å². The summed E-state index contributed by atoms with van der Waals surface area (Å²) < 4.78 is 5.75. The lowest BCUT2D eigenvalue weighted by molar-refractivity contribution is -0.130. The fourth-order valence-electron chi connectivity index (χ4n) is 3.08. The van der Waals surface area contributed by atoms with Crippen molar-refractivity contribution in [1.82, 2.24) is 0 Å². The summed E-state index contributed by atoms with van der Waals surface area (Å²) in [5.74, 6) is 0.748. The van der Waals surface area contributed by atoms with Gasteiger partial charge in [0.1, 0.15) is 6.10 Å². The van der Waals surface area contributed by atoms with Gasteiger partial charge in [0.2, 0.25) is 0 Å². The average molecular weight is 262 g/mol. The highest BCUT2D eigenvalue weighted by Gasteiger charge is 2.41. The van der Waals surface area contributed by atoms with Crippen LogP contribution < -0.4 is 0 Å². The van der Waals surface area contributed by atoms with Crippen LogP contribution in [0.5, 0.6) is 0 Å². The highest BCUT2D eigenvalue weighted by molar-refractivity contribution is 5.26. The van der Waals surface area contributed by atoms with E-state index in [0.717, 1.165) is 43.6 Å². The number of aliphatic hydroxyl groups is 1. The largest absolute Gasteiger partial charge is 0.385 e. The SMILES string of the molecule is CCc1ccc(C(O)C2(OC)CCC(C)CC2)cc1. The van der Waals surface area contributed by atoms with Crippen LogP contribution in [0.2, 0.25) is 0 Å². The summed E-state index contributed by atoms with van der Waals surface area (Å²) in [6.07, 6.45) is 4.68. The number of ether oxygens (including phenoxy) is 1. The van der Waals surface area contributed by atoms with Crippen molar-refractivity contribution in [3.8, 4) is 0 Å². The van der Waals surface area contributed by atoms with Gasteiger partial charge in [-0.15, -0.1) is 0 Å². The fraction of sp³-hybridized carbons (Fsp3) is 0.647. The van der Waals surface area contributed by atoms with Crippen LogP contribution in [0.3, 0.4) is 0 Å². The Bertz CT molecular complexity index is 388. The highest BCUT2D eigenvalue weighted by atomic mass is 16.5. The first-order valence-electron chi connectivity index (χ1n) is 7.43. The number of hydrogen-bond donors (Lipinski definition) is 1. The second-order valence-corrected chi connectivity index (χ2v) is 5.95. The third-order valence-corrected chi connectivity index (χ3v) is 4.73. The maximum atomic E-state index is 10.7. The van der Waals surface area contributed by atoms with Crippen molar-refractivity contribution in [2.45, 2.75) is 57.7 Å². The first-order chi connectivity index (χ1) is 9.11. The van der Waals surface area contributed by atoms with E-state index in [1.54, 1.807) is 7.11 Å². The Morgan fingerprint density at radius 2 is 1.84 bits per heavy atom. The number of rotatable bonds is 4. The summed E-state index contributed by atoms with van der Waals surface area (Å²) in [7, 11) is 1.74. The van der Waals surface area contributed by atoms with E-state index in [0.29, 0.717) is 0 Å². The van der Waals surface area contributed by atoms with Gasteiger partial charge in [-0.25, -0.2) is 0 Å². The minimum Gasteiger partial charge on any atom is -0.385 e. The second-order valence-electron chi connectivity index (χ2n) is 5.95. The zero-order chi connectivity index (χ0) is 13.9. The summed E-state index contributed by atoms with van der Waals surface area (Å²) in [6, 6.07) is 8.30. The molecule has 2 heteroatoms. The average Bonchev–Trinajstić information content (AvgIpc) is 2.48. The Morgan fingerprint density at radius 3 is 2.32 bits per heavy atom. The number of methoxy groups -OCH3 is 1. The molecule has 2 rings (SSSR count). The molecule has 0 radical (unpaired) electrons. The van der Waals surface area contributed by atoms with Gasteiger partial charge in [0, 0.05) is 7.11 Å². The molecule has 19 heavy (non-hydrogen) atoms. The Morgan fingerprint density at radius 1 is 1.26 bits per heavy atom. The van der Waals surface area contributed by atoms with Crippen LogP contribution in [0, 0.1) is 5.92 Å². The van der Waals surface area contributed by atoms with Gasteiger partial charge < -0.3 is 9.84 Å². The fourth-order valence-corrected chi connectivity index (χ4v) is 3.08. The first kappa shape index (κ1) is 14.5. The van der Waals surface area contributed by atoms with E-state index in [2.05, 4.69) is 26.0 Å². The van der Waals surface area contributed by atoms with Gasteiger partial charge in [0.05, 0.1) is 5.60 Å². The van der Waals surface area contributed by atoms with E-state index < -0.39 is 6.10 Å². The molecule has 0 bridgehead atoms. The zero-order valence-electron chi connectivity index (χ0n) is 12.4. The third kappa shape index (κ3) is 3.01. The summed E-state index contributed by atoms with van der Waals surface area (Å²) >= 11 is 0. The minimum atomic E-state index is -0.518. The molecule has 1 aliphatic carbocycles. The summed E-state index contributed by atoms with van der Waals surface area (Å²) in [5, 5.41) is 10.7. The van der Waals surface area contributed by atoms with Crippen molar-refractivity contribution >= 4 is 0 Å². The standard InChI is InChI=1S/C17H26O2/c1-4-14-5-7-15(8-6-14)16(18)17(19-3)11-9-13(2)10-12-17/h5-8,13,16,18H,4,9-12H2,1-3H3. The lowest BCUT2D eigenvalue weighted by atomic mass is 9.74. The van der Waals surface area contributed by atoms with Crippen molar-refractivity contribution in [2.24, 2.45) is 5.92 Å². The van der Waals surface area contributed by atoms with Crippen molar-refractivity contribution in [1.29, 1.82) is 0 Å². The maximum absolute atomic E-state index is 10.7. The monoisotopic (exact) mass is 262 g/mol. The molecule has 0 spiro atoms. The van der Waals surface area contributed by atoms with Crippen molar-refractivity contribution in [3.63, 3.8) is 0 Å². The molecule has 0 heterocycles. The predicted molar refractivity (Wildman–Crippen MR) is 78.2 cm³/mol. The van der Waals surface area contributed by atoms with E-state index in [-0.39, 0.29) is 5.60 Å². The highest BCUT2D eigenvalue weighted by Crippen LogP contribution is 2.42. The summed E-state index contributed by atoms with van der Waals surface area (Å²) in [5.41, 5.74) is 1.90. The molecule has 1 aliphatic rings. The topological polar surface area (TPSA) is 29.5 Å². The molecule has 1 unspecified atom stereocenters. The zero-order valence-corrected chi connectivity index (χ0v) is 12.4. The molecule has 0 aliphatic heterocycles. The lowest BCUT2D eigenvalue weighted by Crippen LogP contribution is -2.41. The number of benzene rings is 1. The molecule has 2 nitrogen and oxygen atoms in total. The van der Waals surface area contributed by atoms with Gasteiger partial charge in [0.25, 0.3) is 0 Å². The van der Waals surface area contributed by atoms with Gasteiger partial charge in [-0.2, -0.15) is 0 Å². The van der Waals surface area contributed by atoms with E-state index >= 15 is 0 Å². The Kier molecular flexibility index (Phi) is 4.64. The van der Waals surface area contributed by atoms with Crippen LogP contribution in [0.1, 0.15) is 56.8 Å². The van der Waals surface area contributed by atoms with Gasteiger partial charge in [0.15, 0.2) is 0 Å². The Hall–Kier alpha value is -0.860. The molecule has 0 aromatic heterocycles. The third-order valence-electron chi connectivity index (χ3n) is 4.73. The smallest absolute Gasteiger partial charge is 0.108 e. The Labute approximate surface area is 116 Å². The van der Waals surface area contributed by atoms with Gasteiger partial charge in [-0.3, -0.25) is 0 Å². The van der Waals surface area contributed by atoms with Crippen LogP contribution in [-0.2, 0) is 11.2 Å². The normalized spacial score (nSPS) is 29.2. The molecule has 106 valence electrons. The second kappa shape index (κ2) is 6.06. The van der Waals surface area contributed by atoms with Crippen LogP contribution in [0.4, 0.5) is 0 Å². The molecule has 1 aromatic carbocycles. The number of hydrogen-bond acceptors (Lipinski definition) is 2. The molecule has 0 amide bonds. The predicted octanol–water partition coefficient (Wildman–Crippen LogP) is 3.88. The van der Waals surface area contributed by atoms with Crippen LogP contribution in [0.25, 0.3) is 0 Å². The van der Waals surface area contributed by atoms with Crippen molar-refractivity contribution in [3.05, 3.63) is 35.4 Å². The number of aliphatic hydroxyl groups excluding tert-OH is 1. The van der Waals surface area contributed by atoms with Crippen molar-refractivity contribution < 1.29 is 9.84 Å². The van der Waals surface area contributed by atoms with E-state index in [1.165, 1.54) is 5.56 Å². The molecule has 1 atom stereocenters. The van der Waals surface area contributed by atoms with E-state index in [4.69, 9.17) is 4.74 Å². The Balaban J connectivity index is 2.17. The van der Waals surface area contributed by atoms with E-state index in [9.17, 15) is 5.11 Å². The molecule has 1 fully saturated rings.